The minimum atomic E-state index is -1.21. The highest BCUT2D eigenvalue weighted by atomic mass is 32.1. The maximum atomic E-state index is 13.7. The largest absolute Gasteiger partial charge is 0.506 e. The molecule has 5 N–H and O–H groups in total. The van der Waals surface area contributed by atoms with Gasteiger partial charge in [0.15, 0.2) is 0 Å². The first kappa shape index (κ1) is 23.6. The summed E-state index contributed by atoms with van der Waals surface area (Å²) in [6, 6.07) is 13.1. The molecule has 0 atom stereocenters. The number of para-hydroxylation sites is 2. The van der Waals surface area contributed by atoms with Gasteiger partial charge < -0.3 is 25.3 Å². The van der Waals surface area contributed by atoms with Crippen molar-refractivity contribution in [3.63, 3.8) is 0 Å². The fourth-order valence-corrected chi connectivity index (χ4v) is 5.60. The highest BCUT2D eigenvalue weighted by molar-refractivity contribution is 7.17. The molecule has 3 heterocycles. The normalized spacial score (nSPS) is 12.0. The molecule has 0 spiro atoms. The number of ketones is 1. The van der Waals surface area contributed by atoms with Gasteiger partial charge in [-0.2, -0.15) is 0 Å². The van der Waals surface area contributed by atoms with Crippen LogP contribution in [0.2, 0.25) is 0 Å². The number of carbonyl (C=O) groups is 2. The molecule has 0 saturated carbocycles. The number of aliphatic hydroxyl groups excluding tert-OH is 1. The summed E-state index contributed by atoms with van der Waals surface area (Å²) in [5, 5.41) is 31.9. The SMILES string of the molecule is C/C(=C/Cc1cccc2c(C(=O)c3sc(C(=O)O)c(-c4c(C)[nH]c5ccccc45)c3O)c[nH]c12)CO. The van der Waals surface area contributed by atoms with E-state index in [0.717, 1.165) is 38.9 Å². The third kappa shape index (κ3) is 3.80. The van der Waals surface area contributed by atoms with Gasteiger partial charge in [-0.15, -0.1) is 11.3 Å². The van der Waals surface area contributed by atoms with Crippen molar-refractivity contribution in [2.45, 2.75) is 20.3 Å². The summed E-state index contributed by atoms with van der Waals surface area (Å²) in [7, 11) is 0. The minimum Gasteiger partial charge on any atom is -0.506 e. The molecule has 0 fully saturated rings. The molecule has 2 aromatic carbocycles. The fourth-order valence-electron chi connectivity index (χ4n) is 4.60. The summed E-state index contributed by atoms with van der Waals surface area (Å²) in [5.74, 6) is -1.99. The number of aromatic hydroxyl groups is 1. The van der Waals surface area contributed by atoms with Crippen LogP contribution in [0.25, 0.3) is 32.9 Å². The quantitative estimate of drug-likeness (QED) is 0.143. The molecule has 0 aliphatic heterocycles. The third-order valence-electron chi connectivity index (χ3n) is 6.39. The van der Waals surface area contributed by atoms with E-state index in [2.05, 4.69) is 9.97 Å². The average Bonchev–Trinajstić information content (AvgIpc) is 3.54. The highest BCUT2D eigenvalue weighted by Gasteiger charge is 2.31. The number of hydrogen-bond acceptors (Lipinski definition) is 5. The van der Waals surface area contributed by atoms with Crippen molar-refractivity contribution in [1.82, 2.24) is 9.97 Å². The molecule has 7 nitrogen and oxygen atoms in total. The van der Waals surface area contributed by atoms with Gasteiger partial charge in [-0.1, -0.05) is 48.0 Å². The number of carboxylic acid groups (broad SMARTS) is 1. The van der Waals surface area contributed by atoms with Crippen molar-refractivity contribution in [3.05, 3.63) is 86.9 Å². The van der Waals surface area contributed by atoms with Gasteiger partial charge in [-0.05, 0) is 31.9 Å². The zero-order valence-electron chi connectivity index (χ0n) is 19.7. The molecule has 5 aromatic rings. The van der Waals surface area contributed by atoms with Gasteiger partial charge in [0.2, 0.25) is 5.78 Å². The molecule has 0 amide bonds. The second-order valence-corrected chi connectivity index (χ2v) is 9.76. The summed E-state index contributed by atoms with van der Waals surface area (Å²) in [6.45, 7) is 3.64. The number of thiophene rings is 1. The second kappa shape index (κ2) is 9.14. The molecular formula is C28H24N2O5S. The van der Waals surface area contributed by atoms with Gasteiger partial charge in [-0.25, -0.2) is 4.79 Å². The van der Waals surface area contributed by atoms with Crippen LogP contribution in [0.15, 0.2) is 60.3 Å². The van der Waals surface area contributed by atoms with E-state index >= 15 is 0 Å². The van der Waals surface area contributed by atoms with Crippen molar-refractivity contribution in [3.8, 4) is 16.9 Å². The van der Waals surface area contributed by atoms with E-state index in [1.165, 1.54) is 0 Å². The molecule has 0 aliphatic rings. The number of carboxylic acids is 1. The Morgan fingerprint density at radius 1 is 1.03 bits per heavy atom. The first-order chi connectivity index (χ1) is 17.3. The number of hydrogen-bond donors (Lipinski definition) is 5. The maximum Gasteiger partial charge on any atom is 0.346 e. The van der Waals surface area contributed by atoms with Gasteiger partial charge >= 0.3 is 5.97 Å². The van der Waals surface area contributed by atoms with Crippen LogP contribution in [0.1, 0.15) is 43.1 Å². The van der Waals surface area contributed by atoms with Crippen LogP contribution in [0.5, 0.6) is 5.75 Å². The Morgan fingerprint density at radius 3 is 2.53 bits per heavy atom. The summed E-state index contributed by atoms with van der Waals surface area (Å²) in [4.78, 5) is 32.1. The van der Waals surface area contributed by atoms with Gasteiger partial charge in [-0.3, -0.25) is 4.79 Å². The Kier molecular flexibility index (Phi) is 5.99. The number of carbonyl (C=O) groups excluding carboxylic acids is 1. The molecule has 36 heavy (non-hydrogen) atoms. The molecule has 0 unspecified atom stereocenters. The zero-order valence-corrected chi connectivity index (χ0v) is 20.5. The monoisotopic (exact) mass is 500 g/mol. The maximum absolute atomic E-state index is 13.7. The lowest BCUT2D eigenvalue weighted by molar-refractivity contribution is 0.0702. The number of aromatic carboxylic acids is 1. The lowest BCUT2D eigenvalue weighted by Crippen LogP contribution is -1.98. The number of rotatable bonds is 7. The number of benzene rings is 2. The van der Waals surface area contributed by atoms with E-state index < -0.39 is 11.8 Å². The summed E-state index contributed by atoms with van der Waals surface area (Å²) in [5.41, 5.74) is 5.17. The molecule has 0 bridgehead atoms. The number of H-pyrrole nitrogens is 2. The lowest BCUT2D eigenvalue weighted by atomic mass is 9.99. The Labute approximate surface area is 210 Å². The number of aromatic amines is 2. The predicted molar refractivity (Wildman–Crippen MR) is 141 cm³/mol. The molecule has 0 aliphatic carbocycles. The Bertz CT molecular complexity index is 1690. The van der Waals surface area contributed by atoms with Gasteiger partial charge in [0.05, 0.1) is 12.2 Å². The van der Waals surface area contributed by atoms with Gasteiger partial charge in [0.1, 0.15) is 15.5 Å². The van der Waals surface area contributed by atoms with Crippen molar-refractivity contribution < 1.29 is 24.9 Å². The fraction of sp³-hybridized carbons (Fsp3) is 0.143. The van der Waals surface area contributed by atoms with E-state index in [4.69, 9.17) is 0 Å². The first-order valence-electron chi connectivity index (χ1n) is 11.4. The van der Waals surface area contributed by atoms with E-state index in [1.807, 2.05) is 62.4 Å². The molecule has 0 radical (unpaired) electrons. The van der Waals surface area contributed by atoms with Crippen molar-refractivity contribution in [2.24, 2.45) is 0 Å². The summed E-state index contributed by atoms with van der Waals surface area (Å²) < 4.78 is 0. The van der Waals surface area contributed by atoms with E-state index in [-0.39, 0.29) is 27.7 Å². The average molecular weight is 501 g/mol. The topological polar surface area (TPSA) is 126 Å². The number of allylic oxidation sites excluding steroid dienone is 1. The second-order valence-electron chi connectivity index (χ2n) is 8.74. The van der Waals surface area contributed by atoms with E-state index in [0.29, 0.717) is 28.6 Å². The number of fused-ring (bicyclic) bond motifs is 2. The molecule has 8 heteroatoms. The van der Waals surface area contributed by atoms with Crippen molar-refractivity contribution in [2.75, 3.05) is 6.61 Å². The third-order valence-corrected chi connectivity index (χ3v) is 7.56. The number of nitrogens with one attached hydrogen (secondary N) is 2. The minimum absolute atomic E-state index is 0.0191. The Balaban J connectivity index is 1.64. The van der Waals surface area contributed by atoms with Crippen molar-refractivity contribution in [1.29, 1.82) is 0 Å². The van der Waals surface area contributed by atoms with Crippen LogP contribution < -0.4 is 0 Å². The van der Waals surface area contributed by atoms with Crippen LogP contribution in [0, 0.1) is 6.92 Å². The first-order valence-corrected chi connectivity index (χ1v) is 12.2. The zero-order chi connectivity index (χ0) is 25.6. The highest BCUT2D eigenvalue weighted by Crippen LogP contribution is 2.47. The molecule has 5 rings (SSSR count). The van der Waals surface area contributed by atoms with E-state index in [1.54, 1.807) is 6.20 Å². The van der Waals surface area contributed by atoms with E-state index in [9.17, 15) is 24.9 Å². The molecule has 3 aromatic heterocycles. The van der Waals surface area contributed by atoms with Crippen LogP contribution in [-0.4, -0.2) is 43.6 Å². The lowest BCUT2D eigenvalue weighted by Gasteiger charge is -2.04. The van der Waals surface area contributed by atoms with Crippen molar-refractivity contribution >= 4 is 44.9 Å². The molecule has 182 valence electrons. The summed E-state index contributed by atoms with van der Waals surface area (Å²) in [6.07, 6.45) is 4.10. The van der Waals surface area contributed by atoms with Gasteiger partial charge in [0, 0.05) is 44.8 Å². The number of aliphatic hydroxyl groups is 1. The van der Waals surface area contributed by atoms with Crippen LogP contribution in [-0.2, 0) is 6.42 Å². The predicted octanol–water partition coefficient (Wildman–Crippen LogP) is 5.80. The van der Waals surface area contributed by atoms with Crippen LogP contribution >= 0.6 is 11.3 Å². The van der Waals surface area contributed by atoms with Crippen LogP contribution in [0.4, 0.5) is 0 Å². The number of aryl methyl sites for hydroxylation is 1. The van der Waals surface area contributed by atoms with Crippen LogP contribution in [0.3, 0.4) is 0 Å². The Morgan fingerprint density at radius 2 is 1.78 bits per heavy atom. The smallest absolute Gasteiger partial charge is 0.346 e. The summed E-state index contributed by atoms with van der Waals surface area (Å²) >= 11 is 0.782. The standard InChI is InChI=1S/C28H24N2O5S/c1-14(13-31)10-11-16-6-5-8-17-19(12-29-23(16)17)24(32)27-25(33)22(26(36-27)28(34)35)21-15(2)30-20-9-4-3-7-18(20)21/h3-10,12,29-31,33H,11,13H2,1-2H3,(H,34,35)/b14-10-. The molecule has 0 saturated heterocycles. The van der Waals surface area contributed by atoms with Gasteiger partial charge in [0.25, 0.3) is 0 Å². The Hall–Kier alpha value is -4.14. The number of aromatic nitrogens is 2. The molecular weight excluding hydrogens is 476 g/mol.